The molecule has 0 radical (unpaired) electrons. The van der Waals surface area contributed by atoms with Crippen molar-refractivity contribution in [2.45, 2.75) is 12.0 Å². The Hall–Kier alpha value is -7.36. The van der Waals surface area contributed by atoms with E-state index in [2.05, 4.69) is 228 Å². The van der Waals surface area contributed by atoms with E-state index < -0.39 is 0 Å². The van der Waals surface area contributed by atoms with Crippen LogP contribution in [0.2, 0.25) is 0 Å². The molecular formula is C54H38N2O. The molecule has 9 aromatic rings. The Balaban J connectivity index is 1.07. The summed E-state index contributed by atoms with van der Waals surface area (Å²) in [6.45, 7) is 0. The van der Waals surface area contributed by atoms with Gasteiger partial charge in [-0.05, 0) is 100 Å². The standard InChI is InChI=1S/C54H38N2O/c1-4-14-37(15-5-1)39-24-30-43(31-25-39)55(44-32-26-40(27-33-44)38-16-6-2-7-17-38)45-34-28-41(29-35-45)48-36-49-46-20-11-13-23-51(46)57-54(49)53-52(48)47-21-10-12-22-50(47)56(53)42-18-8-3-9-19-42/h1-36,46,51H. The first-order valence-corrected chi connectivity index (χ1v) is 19.7. The van der Waals surface area contributed by atoms with E-state index in [0.29, 0.717) is 0 Å². The molecule has 2 atom stereocenters. The fraction of sp³-hybridized carbons (Fsp3) is 0.0370. The molecule has 0 saturated carbocycles. The van der Waals surface area contributed by atoms with E-state index in [9.17, 15) is 0 Å². The maximum Gasteiger partial charge on any atom is 0.148 e. The van der Waals surface area contributed by atoms with Crippen LogP contribution in [0.25, 0.3) is 60.9 Å². The largest absolute Gasteiger partial charge is 0.483 e. The van der Waals surface area contributed by atoms with Crippen molar-refractivity contribution in [3.05, 3.63) is 224 Å². The van der Waals surface area contributed by atoms with Gasteiger partial charge >= 0.3 is 0 Å². The minimum absolute atomic E-state index is 0.0248. The lowest BCUT2D eigenvalue weighted by molar-refractivity contribution is 0.271. The van der Waals surface area contributed by atoms with Crippen LogP contribution in [-0.4, -0.2) is 10.7 Å². The second kappa shape index (κ2) is 13.7. The van der Waals surface area contributed by atoms with Gasteiger partial charge in [0.1, 0.15) is 11.9 Å². The summed E-state index contributed by atoms with van der Waals surface area (Å²) in [7, 11) is 0. The van der Waals surface area contributed by atoms with Crippen molar-refractivity contribution in [2.75, 3.05) is 4.90 Å². The number of aromatic nitrogens is 1. The number of rotatable bonds is 7. The summed E-state index contributed by atoms with van der Waals surface area (Å²) in [5, 5.41) is 2.42. The average Bonchev–Trinajstić information content (AvgIpc) is 3.84. The van der Waals surface area contributed by atoms with Gasteiger partial charge in [-0.15, -0.1) is 0 Å². The molecule has 1 aromatic heterocycles. The summed E-state index contributed by atoms with van der Waals surface area (Å²) in [5.74, 6) is 1.13. The molecule has 0 bridgehead atoms. The van der Waals surface area contributed by atoms with Crippen LogP contribution < -0.4 is 9.64 Å². The van der Waals surface area contributed by atoms with Crippen molar-refractivity contribution in [3.63, 3.8) is 0 Å². The number of benzene rings is 8. The van der Waals surface area contributed by atoms with Crippen molar-refractivity contribution in [1.29, 1.82) is 0 Å². The number of hydrogen-bond acceptors (Lipinski definition) is 2. The Morgan fingerprint density at radius 2 is 0.947 bits per heavy atom. The minimum atomic E-state index is -0.0248. The zero-order valence-electron chi connectivity index (χ0n) is 31.2. The predicted octanol–water partition coefficient (Wildman–Crippen LogP) is 14.2. The van der Waals surface area contributed by atoms with E-state index in [0.717, 1.165) is 34.0 Å². The lowest BCUT2D eigenvalue weighted by Gasteiger charge is -2.26. The molecule has 0 amide bonds. The Bertz CT molecular complexity index is 2860. The molecular weight excluding hydrogens is 693 g/mol. The van der Waals surface area contributed by atoms with E-state index in [1.807, 2.05) is 0 Å². The average molecular weight is 731 g/mol. The van der Waals surface area contributed by atoms with Gasteiger partial charge in [0.2, 0.25) is 0 Å². The Kier molecular flexibility index (Phi) is 7.96. The van der Waals surface area contributed by atoms with Crippen LogP contribution in [0.3, 0.4) is 0 Å². The fourth-order valence-electron chi connectivity index (χ4n) is 8.82. The molecule has 3 heteroatoms. The monoisotopic (exact) mass is 730 g/mol. The third kappa shape index (κ3) is 5.67. The molecule has 3 nitrogen and oxygen atoms in total. The van der Waals surface area contributed by atoms with Crippen molar-refractivity contribution < 1.29 is 4.74 Å². The van der Waals surface area contributed by atoms with Crippen molar-refractivity contribution >= 4 is 38.9 Å². The molecule has 270 valence electrons. The third-order valence-corrected chi connectivity index (χ3v) is 11.5. The molecule has 57 heavy (non-hydrogen) atoms. The highest BCUT2D eigenvalue weighted by Gasteiger charge is 2.36. The molecule has 1 aliphatic carbocycles. The molecule has 0 fully saturated rings. The van der Waals surface area contributed by atoms with Gasteiger partial charge in [0.15, 0.2) is 0 Å². The fourth-order valence-corrected chi connectivity index (χ4v) is 8.82. The van der Waals surface area contributed by atoms with Crippen LogP contribution in [-0.2, 0) is 0 Å². The van der Waals surface area contributed by atoms with E-state index in [-0.39, 0.29) is 12.0 Å². The van der Waals surface area contributed by atoms with Crippen LogP contribution in [0.15, 0.2) is 218 Å². The molecule has 8 aromatic carbocycles. The zero-order chi connectivity index (χ0) is 37.7. The summed E-state index contributed by atoms with van der Waals surface area (Å²) in [6, 6.07) is 69.9. The highest BCUT2D eigenvalue weighted by atomic mass is 16.5. The lowest BCUT2D eigenvalue weighted by Crippen LogP contribution is -2.15. The molecule has 0 N–H and O–H groups in total. The van der Waals surface area contributed by atoms with Crippen LogP contribution in [0.4, 0.5) is 17.1 Å². The van der Waals surface area contributed by atoms with Crippen LogP contribution >= 0.6 is 0 Å². The van der Waals surface area contributed by atoms with Gasteiger partial charge in [-0.2, -0.15) is 0 Å². The maximum absolute atomic E-state index is 6.86. The summed E-state index contributed by atoms with van der Waals surface area (Å²) in [6.07, 6.45) is 8.71. The molecule has 2 heterocycles. The maximum atomic E-state index is 6.86. The van der Waals surface area contributed by atoms with Gasteiger partial charge in [-0.25, -0.2) is 0 Å². The van der Waals surface area contributed by atoms with Gasteiger partial charge in [-0.3, -0.25) is 0 Å². The summed E-state index contributed by atoms with van der Waals surface area (Å²) >= 11 is 0. The Morgan fingerprint density at radius 1 is 0.456 bits per heavy atom. The summed E-state index contributed by atoms with van der Waals surface area (Å²) < 4.78 is 9.26. The third-order valence-electron chi connectivity index (χ3n) is 11.5. The van der Waals surface area contributed by atoms with Crippen molar-refractivity contribution in [3.8, 4) is 44.8 Å². The normalized spacial score (nSPS) is 15.4. The van der Waals surface area contributed by atoms with E-state index in [1.54, 1.807) is 0 Å². The quantitative estimate of drug-likeness (QED) is 0.162. The predicted molar refractivity (Wildman–Crippen MR) is 237 cm³/mol. The zero-order valence-corrected chi connectivity index (χ0v) is 31.2. The molecule has 11 rings (SSSR count). The highest BCUT2D eigenvalue weighted by Crippen LogP contribution is 2.52. The highest BCUT2D eigenvalue weighted by molar-refractivity contribution is 6.18. The first-order valence-electron chi connectivity index (χ1n) is 19.7. The number of ether oxygens (including phenoxy) is 1. The number of hydrogen-bond donors (Lipinski definition) is 0. The van der Waals surface area contributed by atoms with Crippen LogP contribution in [0.5, 0.6) is 5.75 Å². The topological polar surface area (TPSA) is 17.4 Å². The summed E-state index contributed by atoms with van der Waals surface area (Å²) in [4.78, 5) is 2.35. The smallest absolute Gasteiger partial charge is 0.148 e. The van der Waals surface area contributed by atoms with Crippen molar-refractivity contribution in [1.82, 2.24) is 4.57 Å². The van der Waals surface area contributed by atoms with Gasteiger partial charge in [0.25, 0.3) is 0 Å². The first-order chi connectivity index (χ1) is 28.3. The second-order valence-electron chi connectivity index (χ2n) is 14.8. The van der Waals surface area contributed by atoms with E-state index in [4.69, 9.17) is 4.74 Å². The van der Waals surface area contributed by atoms with E-state index in [1.165, 1.54) is 55.2 Å². The number of para-hydroxylation sites is 2. The SMILES string of the molecule is C1=CC2Oc3c(cc(-c4ccc(N(c5ccc(-c6ccccc6)cc5)c5ccc(-c6ccccc6)cc5)cc4)c4c5ccccc5n(-c5ccccc5)c34)C2C=C1. The number of fused-ring (bicyclic) bond motifs is 7. The van der Waals surface area contributed by atoms with Gasteiger partial charge in [0, 0.05) is 45.0 Å². The van der Waals surface area contributed by atoms with Gasteiger partial charge in [0.05, 0.1) is 11.0 Å². The number of allylic oxidation sites excluding steroid dienone is 2. The van der Waals surface area contributed by atoms with Gasteiger partial charge in [-0.1, -0.05) is 152 Å². The van der Waals surface area contributed by atoms with Gasteiger partial charge < -0.3 is 14.2 Å². The lowest BCUT2D eigenvalue weighted by atomic mass is 9.88. The van der Waals surface area contributed by atoms with E-state index >= 15 is 0 Å². The van der Waals surface area contributed by atoms with Crippen molar-refractivity contribution in [2.24, 2.45) is 0 Å². The summed E-state index contributed by atoms with van der Waals surface area (Å²) in [5.41, 5.74) is 15.1. The molecule has 0 spiro atoms. The molecule has 0 saturated heterocycles. The molecule has 2 aliphatic rings. The number of nitrogens with zero attached hydrogens (tertiary/aromatic N) is 2. The molecule has 2 unspecified atom stereocenters. The molecule has 1 aliphatic heterocycles. The minimum Gasteiger partial charge on any atom is -0.483 e. The van der Waals surface area contributed by atoms with Crippen LogP contribution in [0.1, 0.15) is 11.5 Å². The Morgan fingerprint density at radius 3 is 1.54 bits per heavy atom. The number of anilines is 3. The Labute approximate surface area is 332 Å². The first kappa shape index (κ1) is 33.0. The van der Waals surface area contributed by atoms with Crippen LogP contribution in [0, 0.1) is 0 Å². The second-order valence-corrected chi connectivity index (χ2v) is 14.8.